The Morgan fingerprint density at radius 1 is 1.53 bits per heavy atom. The van der Waals surface area contributed by atoms with Crippen molar-refractivity contribution < 1.29 is 4.79 Å². The highest BCUT2D eigenvalue weighted by molar-refractivity contribution is 6.29. The van der Waals surface area contributed by atoms with Crippen molar-refractivity contribution in [2.45, 2.75) is 32.7 Å². The monoisotopic (exact) mass is 227 g/mol. The first-order valence-corrected chi connectivity index (χ1v) is 5.29. The lowest BCUT2D eigenvalue weighted by atomic mass is 10.2. The number of carbonyl (C=O) groups excluding carboxylic acids is 1. The highest BCUT2D eigenvalue weighted by Gasteiger charge is 2.10. The van der Waals surface area contributed by atoms with Crippen molar-refractivity contribution >= 4 is 17.5 Å². The molecule has 0 bridgehead atoms. The molecule has 0 aliphatic rings. The summed E-state index contributed by atoms with van der Waals surface area (Å²) in [4.78, 5) is 19.3. The maximum atomic E-state index is 11.6. The van der Waals surface area contributed by atoms with E-state index in [0.29, 0.717) is 5.69 Å². The third-order valence-corrected chi connectivity index (χ3v) is 2.15. The summed E-state index contributed by atoms with van der Waals surface area (Å²) in [6.07, 6.45) is 4.72. The molecule has 1 atom stereocenters. The lowest BCUT2D eigenvalue weighted by molar-refractivity contribution is 0.0933. The molecule has 0 aliphatic heterocycles. The largest absolute Gasteiger partial charge is 0.348 e. The minimum Gasteiger partial charge on any atom is -0.348 e. The second-order valence-electron chi connectivity index (χ2n) is 3.39. The zero-order chi connectivity index (χ0) is 11.3. The van der Waals surface area contributed by atoms with Crippen molar-refractivity contribution in [3.05, 3.63) is 23.2 Å². The van der Waals surface area contributed by atoms with Crippen LogP contribution in [-0.2, 0) is 0 Å². The summed E-state index contributed by atoms with van der Waals surface area (Å²) in [5.41, 5.74) is 0.294. The number of hydrogen-bond acceptors (Lipinski definition) is 3. The molecule has 82 valence electrons. The Hall–Kier alpha value is -1.16. The van der Waals surface area contributed by atoms with Crippen molar-refractivity contribution in [3.63, 3.8) is 0 Å². The predicted octanol–water partition coefficient (Wildman–Crippen LogP) is 2.05. The van der Waals surface area contributed by atoms with Gasteiger partial charge in [0.25, 0.3) is 5.91 Å². The van der Waals surface area contributed by atoms with E-state index in [9.17, 15) is 4.79 Å². The maximum absolute atomic E-state index is 11.6. The average Bonchev–Trinajstić information content (AvgIpc) is 2.18. The summed E-state index contributed by atoms with van der Waals surface area (Å²) in [5, 5.41) is 3.12. The maximum Gasteiger partial charge on any atom is 0.271 e. The van der Waals surface area contributed by atoms with Gasteiger partial charge in [-0.2, -0.15) is 0 Å². The lowest BCUT2D eigenvalue weighted by Gasteiger charge is -2.11. The Morgan fingerprint density at radius 2 is 2.27 bits per heavy atom. The van der Waals surface area contributed by atoms with Gasteiger partial charge in [0.15, 0.2) is 0 Å². The van der Waals surface area contributed by atoms with Gasteiger partial charge in [0.1, 0.15) is 10.8 Å². The lowest BCUT2D eigenvalue weighted by Crippen LogP contribution is -2.32. The van der Waals surface area contributed by atoms with Crippen molar-refractivity contribution in [2.24, 2.45) is 0 Å². The van der Waals surface area contributed by atoms with Gasteiger partial charge < -0.3 is 5.32 Å². The van der Waals surface area contributed by atoms with Crippen LogP contribution in [0.3, 0.4) is 0 Å². The first kappa shape index (κ1) is 11.9. The molecule has 0 saturated carbocycles. The molecule has 0 aliphatic carbocycles. The Labute approximate surface area is 94.1 Å². The highest BCUT2D eigenvalue weighted by Crippen LogP contribution is 2.02. The normalized spacial score (nSPS) is 12.2. The van der Waals surface area contributed by atoms with Crippen LogP contribution in [0.2, 0.25) is 5.15 Å². The Morgan fingerprint density at radius 3 is 2.80 bits per heavy atom. The van der Waals surface area contributed by atoms with E-state index in [-0.39, 0.29) is 17.1 Å². The van der Waals surface area contributed by atoms with E-state index in [4.69, 9.17) is 11.6 Å². The highest BCUT2D eigenvalue weighted by atomic mass is 35.5. The van der Waals surface area contributed by atoms with Crippen LogP contribution in [0.15, 0.2) is 12.4 Å². The van der Waals surface area contributed by atoms with Gasteiger partial charge in [0.05, 0.1) is 12.4 Å². The topological polar surface area (TPSA) is 54.9 Å². The molecule has 0 spiro atoms. The molecule has 5 heteroatoms. The van der Waals surface area contributed by atoms with Gasteiger partial charge in [0, 0.05) is 6.04 Å². The fourth-order valence-corrected chi connectivity index (χ4v) is 1.33. The van der Waals surface area contributed by atoms with Crippen molar-refractivity contribution in [1.82, 2.24) is 15.3 Å². The van der Waals surface area contributed by atoms with E-state index in [1.165, 1.54) is 12.4 Å². The number of nitrogens with one attached hydrogen (secondary N) is 1. The molecule has 1 aromatic heterocycles. The molecule has 1 amide bonds. The fourth-order valence-electron chi connectivity index (χ4n) is 1.23. The van der Waals surface area contributed by atoms with Crippen molar-refractivity contribution in [2.75, 3.05) is 0 Å². The fraction of sp³-hybridized carbons (Fsp3) is 0.500. The van der Waals surface area contributed by atoms with E-state index in [1.807, 2.05) is 6.92 Å². The van der Waals surface area contributed by atoms with Crippen LogP contribution in [0.25, 0.3) is 0 Å². The molecule has 1 unspecified atom stereocenters. The number of carbonyl (C=O) groups is 1. The number of hydrogen-bond donors (Lipinski definition) is 1. The van der Waals surface area contributed by atoms with Gasteiger partial charge in [-0.3, -0.25) is 4.79 Å². The third-order valence-electron chi connectivity index (χ3n) is 1.95. The molecular formula is C10H14ClN3O. The number of amides is 1. The van der Waals surface area contributed by atoms with Gasteiger partial charge in [0.2, 0.25) is 0 Å². The molecule has 1 heterocycles. The van der Waals surface area contributed by atoms with Gasteiger partial charge in [-0.25, -0.2) is 9.97 Å². The summed E-state index contributed by atoms with van der Waals surface area (Å²) < 4.78 is 0. The molecule has 1 rings (SSSR count). The molecule has 0 radical (unpaired) electrons. The van der Waals surface area contributed by atoms with Crippen molar-refractivity contribution in [3.8, 4) is 0 Å². The second kappa shape index (κ2) is 5.66. The zero-order valence-electron chi connectivity index (χ0n) is 8.83. The summed E-state index contributed by atoms with van der Waals surface area (Å²) >= 11 is 5.57. The van der Waals surface area contributed by atoms with Crippen LogP contribution >= 0.6 is 11.6 Å². The van der Waals surface area contributed by atoms with Crippen molar-refractivity contribution in [1.29, 1.82) is 0 Å². The first-order valence-electron chi connectivity index (χ1n) is 4.92. The van der Waals surface area contributed by atoms with E-state index < -0.39 is 0 Å². The van der Waals surface area contributed by atoms with E-state index in [2.05, 4.69) is 22.2 Å². The quantitative estimate of drug-likeness (QED) is 0.857. The van der Waals surface area contributed by atoms with Gasteiger partial charge in [-0.1, -0.05) is 24.9 Å². The molecule has 1 N–H and O–H groups in total. The molecule has 1 aromatic rings. The van der Waals surface area contributed by atoms with Crippen LogP contribution < -0.4 is 5.32 Å². The predicted molar refractivity (Wildman–Crippen MR) is 58.9 cm³/mol. The van der Waals surface area contributed by atoms with Crippen LogP contribution in [0.5, 0.6) is 0 Å². The Bertz CT molecular complexity index is 326. The van der Waals surface area contributed by atoms with E-state index in [1.54, 1.807) is 0 Å². The van der Waals surface area contributed by atoms with Crippen LogP contribution in [0, 0.1) is 0 Å². The summed E-state index contributed by atoms with van der Waals surface area (Å²) in [6, 6.07) is 0.153. The standard InChI is InChI=1S/C10H14ClN3O/c1-3-4-7(2)14-10(15)8-5-13-9(11)6-12-8/h5-7H,3-4H2,1-2H3,(H,14,15). The van der Waals surface area contributed by atoms with E-state index in [0.717, 1.165) is 12.8 Å². The Kier molecular flexibility index (Phi) is 4.49. The number of halogens is 1. The second-order valence-corrected chi connectivity index (χ2v) is 3.77. The summed E-state index contributed by atoms with van der Waals surface area (Å²) in [7, 11) is 0. The molecule has 0 saturated heterocycles. The van der Waals surface area contributed by atoms with E-state index >= 15 is 0 Å². The smallest absolute Gasteiger partial charge is 0.271 e. The zero-order valence-corrected chi connectivity index (χ0v) is 9.58. The minimum atomic E-state index is -0.208. The third kappa shape index (κ3) is 3.83. The first-order chi connectivity index (χ1) is 7.13. The van der Waals surface area contributed by atoms with Crippen LogP contribution in [0.1, 0.15) is 37.2 Å². The minimum absolute atomic E-state index is 0.153. The van der Waals surface area contributed by atoms with Gasteiger partial charge in [-0.15, -0.1) is 0 Å². The summed E-state index contributed by atoms with van der Waals surface area (Å²) in [6.45, 7) is 4.04. The number of nitrogens with zero attached hydrogens (tertiary/aromatic N) is 2. The van der Waals surface area contributed by atoms with Crippen LogP contribution in [0.4, 0.5) is 0 Å². The molecule has 0 fully saturated rings. The van der Waals surface area contributed by atoms with Gasteiger partial charge >= 0.3 is 0 Å². The summed E-state index contributed by atoms with van der Waals surface area (Å²) in [5.74, 6) is -0.208. The number of aromatic nitrogens is 2. The Balaban J connectivity index is 2.57. The van der Waals surface area contributed by atoms with Crippen LogP contribution in [-0.4, -0.2) is 21.9 Å². The molecule has 4 nitrogen and oxygen atoms in total. The molecule has 0 aromatic carbocycles. The SMILES string of the molecule is CCCC(C)NC(=O)c1cnc(Cl)cn1. The molecular weight excluding hydrogens is 214 g/mol. The molecule has 15 heavy (non-hydrogen) atoms. The average molecular weight is 228 g/mol. The van der Waals surface area contributed by atoms with Gasteiger partial charge in [-0.05, 0) is 13.3 Å². The number of rotatable bonds is 4.